The molecular formula is C18H17N3OS. The van der Waals surface area contributed by atoms with Gasteiger partial charge in [0.2, 0.25) is 0 Å². The number of hydrogen-bond donors (Lipinski definition) is 1. The molecule has 0 aliphatic heterocycles. The number of carbonyl (C=O) groups is 1. The number of benzene rings is 2. The van der Waals surface area contributed by atoms with Gasteiger partial charge in [0.05, 0.1) is 11.4 Å². The Labute approximate surface area is 139 Å². The third kappa shape index (κ3) is 3.63. The standard InChI is InChI=1S/C18H17N3OS/c1-13-12-16(21(2)20-13)18(22)19-15-10-6-7-11-17(15)23-14-8-4-3-5-9-14/h3-12H,1-2H3,(H,19,22). The highest BCUT2D eigenvalue weighted by Gasteiger charge is 2.14. The zero-order valence-corrected chi connectivity index (χ0v) is 13.8. The maximum Gasteiger partial charge on any atom is 0.273 e. The van der Waals surface area contributed by atoms with Crippen LogP contribution in [0.4, 0.5) is 5.69 Å². The molecule has 1 N–H and O–H groups in total. The fourth-order valence-electron chi connectivity index (χ4n) is 2.28. The van der Waals surface area contributed by atoms with Crippen molar-refractivity contribution in [1.29, 1.82) is 0 Å². The number of amides is 1. The minimum Gasteiger partial charge on any atom is -0.320 e. The largest absolute Gasteiger partial charge is 0.320 e. The lowest BCUT2D eigenvalue weighted by Gasteiger charge is -2.10. The summed E-state index contributed by atoms with van der Waals surface area (Å²) in [6.45, 7) is 1.87. The second kappa shape index (κ2) is 6.71. The highest BCUT2D eigenvalue weighted by Crippen LogP contribution is 2.33. The van der Waals surface area contributed by atoms with Gasteiger partial charge in [-0.3, -0.25) is 9.48 Å². The molecule has 0 aliphatic rings. The molecule has 1 heterocycles. The molecule has 0 bridgehead atoms. The van der Waals surface area contributed by atoms with Crippen molar-refractivity contribution in [2.45, 2.75) is 16.7 Å². The van der Waals surface area contributed by atoms with Crippen molar-refractivity contribution in [3.8, 4) is 0 Å². The Morgan fingerprint density at radius 1 is 1.09 bits per heavy atom. The lowest BCUT2D eigenvalue weighted by Crippen LogP contribution is -2.16. The Bertz CT molecular complexity index is 827. The van der Waals surface area contributed by atoms with Crippen LogP contribution in [-0.2, 0) is 7.05 Å². The van der Waals surface area contributed by atoms with Crippen LogP contribution in [0.2, 0.25) is 0 Å². The Kier molecular flexibility index (Phi) is 4.48. The molecular weight excluding hydrogens is 306 g/mol. The molecule has 23 heavy (non-hydrogen) atoms. The van der Waals surface area contributed by atoms with Crippen LogP contribution in [-0.4, -0.2) is 15.7 Å². The Morgan fingerprint density at radius 3 is 2.48 bits per heavy atom. The van der Waals surface area contributed by atoms with Crippen LogP contribution < -0.4 is 5.32 Å². The summed E-state index contributed by atoms with van der Waals surface area (Å²) in [5, 5.41) is 7.20. The van der Waals surface area contributed by atoms with Gasteiger partial charge in [-0.25, -0.2) is 0 Å². The lowest BCUT2D eigenvalue weighted by molar-refractivity contribution is 0.101. The summed E-state index contributed by atoms with van der Waals surface area (Å²) in [5.74, 6) is -0.158. The fraction of sp³-hybridized carbons (Fsp3) is 0.111. The Balaban J connectivity index is 1.83. The normalized spacial score (nSPS) is 10.5. The van der Waals surface area contributed by atoms with Crippen molar-refractivity contribution in [2.75, 3.05) is 5.32 Å². The van der Waals surface area contributed by atoms with E-state index < -0.39 is 0 Å². The predicted molar refractivity (Wildman–Crippen MR) is 92.9 cm³/mol. The molecule has 5 heteroatoms. The summed E-state index contributed by atoms with van der Waals surface area (Å²) in [6.07, 6.45) is 0. The van der Waals surface area contributed by atoms with E-state index in [0.717, 1.165) is 21.2 Å². The summed E-state index contributed by atoms with van der Waals surface area (Å²) < 4.78 is 1.59. The third-order valence-corrected chi connectivity index (χ3v) is 4.42. The van der Waals surface area contributed by atoms with E-state index in [1.165, 1.54) is 0 Å². The minimum absolute atomic E-state index is 0.158. The van der Waals surface area contributed by atoms with Crippen LogP contribution in [0.15, 0.2) is 70.5 Å². The van der Waals surface area contributed by atoms with Crippen LogP contribution in [0.25, 0.3) is 0 Å². The van der Waals surface area contributed by atoms with Crippen molar-refractivity contribution < 1.29 is 4.79 Å². The monoisotopic (exact) mass is 323 g/mol. The van der Waals surface area contributed by atoms with Crippen LogP contribution in [0, 0.1) is 6.92 Å². The summed E-state index contributed by atoms with van der Waals surface area (Å²) in [5.41, 5.74) is 2.16. The zero-order valence-electron chi connectivity index (χ0n) is 13.0. The van der Waals surface area contributed by atoms with Gasteiger partial charge in [0, 0.05) is 16.8 Å². The molecule has 0 aliphatic carbocycles. The smallest absolute Gasteiger partial charge is 0.273 e. The number of hydrogen-bond acceptors (Lipinski definition) is 3. The molecule has 0 spiro atoms. The van der Waals surface area contributed by atoms with Gasteiger partial charge >= 0.3 is 0 Å². The number of aryl methyl sites for hydroxylation is 2. The second-order valence-corrected chi connectivity index (χ2v) is 6.28. The Hall–Kier alpha value is -2.53. The van der Waals surface area contributed by atoms with E-state index in [-0.39, 0.29) is 5.91 Å². The fourth-order valence-corrected chi connectivity index (χ4v) is 3.21. The van der Waals surface area contributed by atoms with Crippen molar-refractivity contribution >= 4 is 23.4 Å². The molecule has 4 nitrogen and oxygen atoms in total. The molecule has 1 amide bonds. The van der Waals surface area contributed by atoms with E-state index in [9.17, 15) is 4.79 Å². The number of anilines is 1. The van der Waals surface area contributed by atoms with Gasteiger partial charge in [0.1, 0.15) is 5.69 Å². The number of para-hydroxylation sites is 1. The number of rotatable bonds is 4. The van der Waals surface area contributed by atoms with Crippen LogP contribution >= 0.6 is 11.8 Å². The van der Waals surface area contributed by atoms with Gasteiger partial charge in [-0.1, -0.05) is 42.1 Å². The van der Waals surface area contributed by atoms with E-state index in [1.807, 2.05) is 61.5 Å². The number of carbonyl (C=O) groups excluding carboxylic acids is 1. The van der Waals surface area contributed by atoms with Crippen LogP contribution in [0.3, 0.4) is 0 Å². The van der Waals surface area contributed by atoms with Crippen LogP contribution in [0.1, 0.15) is 16.2 Å². The van der Waals surface area contributed by atoms with Crippen molar-refractivity contribution in [3.63, 3.8) is 0 Å². The van der Waals surface area contributed by atoms with Crippen LogP contribution in [0.5, 0.6) is 0 Å². The summed E-state index contributed by atoms with van der Waals surface area (Å²) >= 11 is 1.62. The van der Waals surface area contributed by atoms with E-state index in [0.29, 0.717) is 5.69 Å². The maximum absolute atomic E-state index is 12.5. The van der Waals surface area contributed by atoms with Gasteiger partial charge in [-0.2, -0.15) is 5.10 Å². The maximum atomic E-state index is 12.5. The number of aromatic nitrogens is 2. The van der Waals surface area contributed by atoms with Crippen molar-refractivity contribution in [1.82, 2.24) is 9.78 Å². The first kappa shape index (κ1) is 15.4. The Morgan fingerprint density at radius 2 is 1.78 bits per heavy atom. The van der Waals surface area contributed by atoms with Gasteiger partial charge in [0.25, 0.3) is 5.91 Å². The third-order valence-electron chi connectivity index (χ3n) is 3.34. The highest BCUT2D eigenvalue weighted by atomic mass is 32.2. The average Bonchev–Trinajstić information content (AvgIpc) is 2.89. The van der Waals surface area contributed by atoms with E-state index in [4.69, 9.17) is 0 Å². The second-order valence-electron chi connectivity index (χ2n) is 5.16. The lowest BCUT2D eigenvalue weighted by atomic mass is 10.3. The SMILES string of the molecule is Cc1cc(C(=O)Nc2ccccc2Sc2ccccc2)n(C)n1. The van der Waals surface area contributed by atoms with Gasteiger partial charge in [0.15, 0.2) is 0 Å². The van der Waals surface area contributed by atoms with Gasteiger partial charge in [-0.05, 0) is 37.3 Å². The van der Waals surface area contributed by atoms with Gasteiger partial charge in [-0.15, -0.1) is 0 Å². The molecule has 2 aromatic carbocycles. The number of nitrogens with one attached hydrogen (secondary N) is 1. The van der Waals surface area contributed by atoms with E-state index in [1.54, 1.807) is 29.6 Å². The van der Waals surface area contributed by atoms with Gasteiger partial charge < -0.3 is 5.32 Å². The first-order valence-corrected chi connectivity index (χ1v) is 8.09. The predicted octanol–water partition coefficient (Wildman–Crippen LogP) is 4.13. The minimum atomic E-state index is -0.158. The zero-order chi connectivity index (χ0) is 16.2. The molecule has 0 fully saturated rings. The first-order chi connectivity index (χ1) is 11.1. The topological polar surface area (TPSA) is 46.9 Å². The quantitative estimate of drug-likeness (QED) is 0.785. The average molecular weight is 323 g/mol. The van der Waals surface area contributed by atoms with Crippen molar-refractivity contribution in [2.24, 2.45) is 7.05 Å². The summed E-state index contributed by atoms with van der Waals surface area (Å²) in [4.78, 5) is 14.6. The molecule has 0 saturated heterocycles. The molecule has 0 unspecified atom stereocenters. The molecule has 3 rings (SSSR count). The molecule has 0 saturated carbocycles. The van der Waals surface area contributed by atoms with E-state index in [2.05, 4.69) is 10.4 Å². The van der Waals surface area contributed by atoms with Crippen molar-refractivity contribution in [3.05, 3.63) is 72.1 Å². The highest BCUT2D eigenvalue weighted by molar-refractivity contribution is 7.99. The molecule has 0 radical (unpaired) electrons. The van der Waals surface area contributed by atoms with E-state index >= 15 is 0 Å². The molecule has 3 aromatic rings. The summed E-state index contributed by atoms with van der Waals surface area (Å²) in [6, 6.07) is 19.7. The number of nitrogens with zero attached hydrogens (tertiary/aromatic N) is 2. The summed E-state index contributed by atoms with van der Waals surface area (Å²) in [7, 11) is 1.77. The molecule has 116 valence electrons. The molecule has 0 atom stereocenters. The first-order valence-electron chi connectivity index (χ1n) is 7.27. The molecule has 1 aromatic heterocycles.